The first-order valence-electron chi connectivity index (χ1n) is 10.1. The van der Waals surface area contributed by atoms with Crippen molar-refractivity contribution < 1.29 is 4.92 Å². The Balaban J connectivity index is 1.34. The Kier molecular flexibility index (Phi) is 5.01. The highest BCUT2D eigenvalue weighted by Gasteiger charge is 2.21. The number of aromatic nitrogens is 4. The van der Waals surface area contributed by atoms with Gasteiger partial charge in [0.1, 0.15) is 12.1 Å². The van der Waals surface area contributed by atoms with E-state index < -0.39 is 0 Å². The molecule has 0 spiro atoms. The molecule has 2 aromatic heterocycles. The minimum absolute atomic E-state index is 0.134. The summed E-state index contributed by atoms with van der Waals surface area (Å²) in [6.45, 7) is 4.04. The number of fused-ring (bicyclic) bond motifs is 1. The molecule has 1 saturated heterocycles. The second-order valence-corrected chi connectivity index (χ2v) is 7.53. The lowest BCUT2D eigenvalue weighted by molar-refractivity contribution is -0.384. The number of non-ortho nitro benzene ring substituents is 1. The topological polar surface area (TPSA) is 92.7 Å². The summed E-state index contributed by atoms with van der Waals surface area (Å²) in [4.78, 5) is 24.2. The van der Waals surface area contributed by atoms with Gasteiger partial charge in [0.2, 0.25) is 0 Å². The Morgan fingerprint density at radius 3 is 2.55 bits per heavy atom. The molecule has 1 aliphatic heterocycles. The fourth-order valence-electron chi connectivity index (χ4n) is 3.94. The Labute approximate surface area is 178 Å². The summed E-state index contributed by atoms with van der Waals surface area (Å²) in [5.74, 6) is 1.55. The molecule has 5 rings (SSSR count). The Bertz CT molecular complexity index is 1220. The van der Waals surface area contributed by atoms with Gasteiger partial charge in [0, 0.05) is 56.5 Å². The van der Waals surface area contributed by atoms with E-state index in [9.17, 15) is 10.1 Å². The van der Waals surface area contributed by atoms with Gasteiger partial charge in [0.05, 0.1) is 10.6 Å². The van der Waals surface area contributed by atoms with Gasteiger partial charge in [-0.1, -0.05) is 42.5 Å². The largest absolute Gasteiger partial charge is 0.354 e. The lowest BCUT2D eigenvalue weighted by Crippen LogP contribution is -2.46. The lowest BCUT2D eigenvalue weighted by atomic mass is 10.1. The van der Waals surface area contributed by atoms with E-state index in [4.69, 9.17) is 0 Å². The molecule has 4 aromatic rings. The van der Waals surface area contributed by atoms with Gasteiger partial charge >= 0.3 is 0 Å². The first-order chi connectivity index (χ1) is 15.2. The molecule has 0 amide bonds. The summed E-state index contributed by atoms with van der Waals surface area (Å²) in [5.41, 5.74) is 3.00. The summed E-state index contributed by atoms with van der Waals surface area (Å²) >= 11 is 0. The summed E-state index contributed by atoms with van der Waals surface area (Å²) in [7, 11) is 0. The first kappa shape index (κ1) is 19.1. The average Bonchev–Trinajstić information content (AvgIpc) is 3.29. The van der Waals surface area contributed by atoms with Gasteiger partial charge in [0.15, 0.2) is 0 Å². The van der Waals surface area contributed by atoms with Crippen molar-refractivity contribution in [2.24, 2.45) is 0 Å². The standard InChI is InChI=1S/C22H21N7O2/c30-29(31)19-8-4-5-17(13-19)15-26-9-11-27(12-10-26)21-14-20(18-6-2-1-3-7-18)25-22-23-16-24-28(21)22/h1-8,13-14,16H,9-12,15H2. The van der Waals surface area contributed by atoms with Crippen LogP contribution in [0.3, 0.4) is 0 Å². The van der Waals surface area contributed by atoms with Gasteiger partial charge in [-0.15, -0.1) is 0 Å². The minimum atomic E-state index is -0.349. The zero-order valence-corrected chi connectivity index (χ0v) is 16.8. The van der Waals surface area contributed by atoms with Crippen molar-refractivity contribution in [2.45, 2.75) is 6.54 Å². The number of nitro groups is 1. The van der Waals surface area contributed by atoms with E-state index in [2.05, 4.69) is 30.9 Å². The van der Waals surface area contributed by atoms with Crippen LogP contribution in [0.15, 0.2) is 67.0 Å². The van der Waals surface area contributed by atoms with Crippen molar-refractivity contribution in [1.82, 2.24) is 24.5 Å². The van der Waals surface area contributed by atoms with Crippen molar-refractivity contribution in [1.29, 1.82) is 0 Å². The van der Waals surface area contributed by atoms with E-state index >= 15 is 0 Å². The van der Waals surface area contributed by atoms with Crippen LogP contribution >= 0.6 is 0 Å². The predicted molar refractivity (Wildman–Crippen MR) is 117 cm³/mol. The van der Waals surface area contributed by atoms with Crippen LogP contribution in [-0.4, -0.2) is 55.6 Å². The first-order valence-corrected chi connectivity index (χ1v) is 10.1. The highest BCUT2D eigenvalue weighted by atomic mass is 16.6. The molecule has 0 aliphatic carbocycles. The molecule has 2 aromatic carbocycles. The average molecular weight is 415 g/mol. The zero-order chi connectivity index (χ0) is 21.2. The van der Waals surface area contributed by atoms with Crippen molar-refractivity contribution >= 4 is 17.3 Å². The van der Waals surface area contributed by atoms with Crippen LogP contribution in [0.1, 0.15) is 5.56 Å². The van der Waals surface area contributed by atoms with Crippen LogP contribution < -0.4 is 4.90 Å². The number of benzene rings is 2. The molecule has 1 fully saturated rings. The van der Waals surface area contributed by atoms with E-state index in [1.54, 1.807) is 16.6 Å². The van der Waals surface area contributed by atoms with Crippen molar-refractivity contribution in [3.8, 4) is 11.3 Å². The molecule has 9 nitrogen and oxygen atoms in total. The second-order valence-electron chi connectivity index (χ2n) is 7.53. The highest BCUT2D eigenvalue weighted by molar-refractivity contribution is 5.65. The maximum atomic E-state index is 11.0. The normalized spacial score (nSPS) is 14.8. The van der Waals surface area contributed by atoms with E-state index in [-0.39, 0.29) is 10.6 Å². The lowest BCUT2D eigenvalue weighted by Gasteiger charge is -2.36. The smallest absolute Gasteiger partial charge is 0.269 e. The number of nitrogens with zero attached hydrogens (tertiary/aromatic N) is 7. The fraction of sp³-hybridized carbons (Fsp3) is 0.227. The Hall–Kier alpha value is -3.85. The molecule has 0 atom stereocenters. The van der Waals surface area contributed by atoms with Gasteiger partial charge in [-0.3, -0.25) is 15.0 Å². The number of hydrogen-bond donors (Lipinski definition) is 0. The number of anilines is 1. The second kappa shape index (κ2) is 8.11. The van der Waals surface area contributed by atoms with Crippen LogP contribution in [0.5, 0.6) is 0 Å². The highest BCUT2D eigenvalue weighted by Crippen LogP contribution is 2.25. The van der Waals surface area contributed by atoms with Crippen molar-refractivity contribution in [3.63, 3.8) is 0 Å². The third kappa shape index (κ3) is 3.95. The van der Waals surface area contributed by atoms with E-state index in [0.717, 1.165) is 48.8 Å². The predicted octanol–water partition coefficient (Wildman–Crippen LogP) is 3.02. The summed E-state index contributed by atoms with van der Waals surface area (Å²) in [5, 5.41) is 15.4. The van der Waals surface area contributed by atoms with Crippen LogP contribution in [0, 0.1) is 10.1 Å². The molecule has 0 N–H and O–H groups in total. The molecule has 31 heavy (non-hydrogen) atoms. The number of nitro benzene ring substituents is 1. The molecular formula is C22H21N7O2. The fourth-order valence-corrected chi connectivity index (χ4v) is 3.94. The molecule has 0 saturated carbocycles. The molecule has 0 radical (unpaired) electrons. The maximum Gasteiger partial charge on any atom is 0.269 e. The molecular weight excluding hydrogens is 394 g/mol. The summed E-state index contributed by atoms with van der Waals surface area (Å²) in [6, 6.07) is 19.0. The zero-order valence-electron chi connectivity index (χ0n) is 16.8. The van der Waals surface area contributed by atoms with Crippen molar-refractivity contribution in [2.75, 3.05) is 31.1 Å². The molecule has 0 bridgehead atoms. The Morgan fingerprint density at radius 1 is 0.968 bits per heavy atom. The summed E-state index contributed by atoms with van der Waals surface area (Å²) < 4.78 is 1.78. The number of rotatable bonds is 5. The third-order valence-electron chi connectivity index (χ3n) is 5.53. The van der Waals surface area contributed by atoms with Crippen LogP contribution in [0.25, 0.3) is 17.0 Å². The van der Waals surface area contributed by atoms with Gasteiger partial charge < -0.3 is 4.90 Å². The molecule has 0 unspecified atom stereocenters. The van der Waals surface area contributed by atoms with E-state index in [1.165, 1.54) is 12.4 Å². The molecule has 1 aliphatic rings. The van der Waals surface area contributed by atoms with Crippen LogP contribution in [-0.2, 0) is 6.54 Å². The Morgan fingerprint density at radius 2 is 1.77 bits per heavy atom. The molecule has 3 heterocycles. The minimum Gasteiger partial charge on any atom is -0.354 e. The monoisotopic (exact) mass is 415 g/mol. The van der Waals surface area contributed by atoms with Crippen LogP contribution in [0.4, 0.5) is 11.5 Å². The van der Waals surface area contributed by atoms with Gasteiger partial charge in [-0.25, -0.2) is 4.98 Å². The van der Waals surface area contributed by atoms with E-state index in [1.807, 2.05) is 36.4 Å². The quantitative estimate of drug-likeness (QED) is 0.365. The van der Waals surface area contributed by atoms with Crippen LogP contribution in [0.2, 0.25) is 0 Å². The third-order valence-corrected chi connectivity index (χ3v) is 5.53. The maximum absolute atomic E-state index is 11.0. The molecule has 9 heteroatoms. The van der Waals surface area contributed by atoms with Crippen molar-refractivity contribution in [3.05, 3.63) is 82.7 Å². The SMILES string of the molecule is O=[N+]([O-])c1cccc(CN2CCN(c3cc(-c4ccccc4)nc4ncnn34)CC2)c1. The van der Waals surface area contributed by atoms with Gasteiger partial charge in [-0.2, -0.15) is 14.6 Å². The van der Waals surface area contributed by atoms with E-state index in [0.29, 0.717) is 12.3 Å². The van der Waals surface area contributed by atoms with Gasteiger partial charge in [-0.05, 0) is 5.56 Å². The summed E-state index contributed by atoms with van der Waals surface area (Å²) in [6.07, 6.45) is 1.53. The molecule has 156 valence electrons. The number of piperazine rings is 1. The number of hydrogen-bond acceptors (Lipinski definition) is 7. The van der Waals surface area contributed by atoms with Gasteiger partial charge in [0.25, 0.3) is 11.5 Å².